The van der Waals surface area contributed by atoms with Crippen LogP contribution < -0.4 is 10.1 Å². The first-order valence-electron chi connectivity index (χ1n) is 5.53. The zero-order valence-electron chi connectivity index (χ0n) is 10.2. The van der Waals surface area contributed by atoms with Crippen molar-refractivity contribution in [1.29, 1.82) is 0 Å². The number of amides is 1. The Labute approximate surface area is 100 Å². The van der Waals surface area contributed by atoms with Gasteiger partial charge in [-0.2, -0.15) is 4.39 Å². The minimum atomic E-state index is -0.711. The van der Waals surface area contributed by atoms with E-state index in [4.69, 9.17) is 4.74 Å². The maximum atomic E-state index is 13.1. The molecule has 0 radical (unpaired) electrons. The highest BCUT2D eigenvalue weighted by Gasteiger charge is 2.12. The van der Waals surface area contributed by atoms with Gasteiger partial charge in [0.05, 0.1) is 0 Å². The lowest BCUT2D eigenvalue weighted by Gasteiger charge is -2.17. The van der Waals surface area contributed by atoms with Crippen LogP contribution in [-0.4, -0.2) is 23.5 Å². The second-order valence-electron chi connectivity index (χ2n) is 4.18. The third-order valence-corrected chi connectivity index (χ3v) is 2.47. The Morgan fingerprint density at radius 3 is 2.82 bits per heavy atom. The molecule has 0 aliphatic rings. The minimum Gasteiger partial charge on any atom is -0.479 e. The summed E-state index contributed by atoms with van der Waals surface area (Å²) in [5.74, 6) is -0.652. The van der Waals surface area contributed by atoms with Crippen molar-refractivity contribution >= 4 is 5.91 Å². The maximum Gasteiger partial charge on any atom is 0.258 e. The zero-order valence-corrected chi connectivity index (χ0v) is 10.2. The van der Waals surface area contributed by atoms with Crippen molar-refractivity contribution in [1.82, 2.24) is 10.3 Å². The molecule has 1 atom stereocenters. The summed E-state index contributed by atoms with van der Waals surface area (Å²) in [6.45, 7) is 5.71. The van der Waals surface area contributed by atoms with Crippen LogP contribution in [0.4, 0.5) is 4.39 Å². The number of ether oxygens (including phenoxy) is 1. The van der Waals surface area contributed by atoms with Gasteiger partial charge in [0, 0.05) is 12.2 Å². The number of hydrogen-bond donors (Lipinski definition) is 1. The van der Waals surface area contributed by atoms with Crippen LogP contribution in [0.2, 0.25) is 0 Å². The molecule has 0 spiro atoms. The van der Waals surface area contributed by atoms with E-state index in [1.807, 2.05) is 20.8 Å². The highest BCUT2D eigenvalue weighted by Crippen LogP contribution is 2.12. The molecule has 0 aliphatic carbocycles. The van der Waals surface area contributed by atoms with Crippen LogP contribution in [0.15, 0.2) is 18.3 Å². The topological polar surface area (TPSA) is 51.2 Å². The van der Waals surface area contributed by atoms with Gasteiger partial charge in [0.25, 0.3) is 11.9 Å². The maximum absolute atomic E-state index is 13.1. The summed E-state index contributed by atoms with van der Waals surface area (Å²) in [5.41, 5.74) is 0. The Kier molecular flexibility index (Phi) is 4.87. The summed E-state index contributed by atoms with van der Waals surface area (Å²) in [5, 5.41) is 2.76. The molecule has 1 heterocycles. The Morgan fingerprint density at radius 2 is 2.24 bits per heavy atom. The number of rotatable bonds is 5. The van der Waals surface area contributed by atoms with Gasteiger partial charge in [-0.25, -0.2) is 4.98 Å². The van der Waals surface area contributed by atoms with Crippen molar-refractivity contribution in [2.45, 2.75) is 26.8 Å². The molecule has 1 N–H and O–H groups in total. The quantitative estimate of drug-likeness (QED) is 0.798. The number of nitrogens with zero attached hydrogens (tertiary/aromatic N) is 1. The van der Waals surface area contributed by atoms with Gasteiger partial charge in [-0.3, -0.25) is 4.79 Å². The first-order valence-corrected chi connectivity index (χ1v) is 5.53. The summed E-state index contributed by atoms with van der Waals surface area (Å²) in [4.78, 5) is 14.9. The second-order valence-corrected chi connectivity index (χ2v) is 4.18. The van der Waals surface area contributed by atoms with Gasteiger partial charge in [-0.05, 0) is 25.0 Å². The van der Waals surface area contributed by atoms with Crippen LogP contribution in [0.25, 0.3) is 0 Å². The number of nitrogens with one attached hydrogen (secondary N) is 1. The third-order valence-electron chi connectivity index (χ3n) is 2.47. The molecule has 94 valence electrons. The highest BCUT2D eigenvalue weighted by atomic mass is 19.1. The smallest absolute Gasteiger partial charge is 0.258 e. The largest absolute Gasteiger partial charge is 0.479 e. The average Bonchev–Trinajstić information content (AvgIpc) is 2.27. The molecule has 4 nitrogen and oxygen atoms in total. The molecule has 1 aromatic heterocycles. The Bertz CT molecular complexity index is 383. The lowest BCUT2D eigenvalue weighted by molar-refractivity contribution is -0.124. The molecule has 0 fully saturated rings. The van der Waals surface area contributed by atoms with Gasteiger partial charge >= 0.3 is 0 Å². The van der Waals surface area contributed by atoms with Crippen molar-refractivity contribution in [3.05, 3.63) is 24.3 Å². The van der Waals surface area contributed by atoms with Crippen molar-refractivity contribution in [3.8, 4) is 5.75 Å². The predicted molar refractivity (Wildman–Crippen MR) is 62.1 cm³/mol. The van der Waals surface area contributed by atoms with Crippen molar-refractivity contribution in [2.24, 2.45) is 5.92 Å². The molecule has 1 aromatic rings. The van der Waals surface area contributed by atoms with Gasteiger partial charge in [0.15, 0.2) is 12.4 Å². The fraction of sp³-hybridized carbons (Fsp3) is 0.500. The average molecular weight is 240 g/mol. The van der Waals surface area contributed by atoms with Gasteiger partial charge in [0.1, 0.15) is 0 Å². The monoisotopic (exact) mass is 240 g/mol. The number of halogens is 1. The van der Waals surface area contributed by atoms with Gasteiger partial charge in [0.2, 0.25) is 0 Å². The molecule has 0 aliphatic heterocycles. The van der Waals surface area contributed by atoms with E-state index in [0.29, 0.717) is 5.92 Å². The fourth-order valence-electron chi connectivity index (χ4n) is 1.08. The molecule has 1 unspecified atom stereocenters. The molecule has 1 rings (SSSR count). The summed E-state index contributed by atoms with van der Waals surface area (Å²) < 4.78 is 18.1. The number of pyridine rings is 1. The number of carbonyl (C=O) groups excluding carboxylic acids is 1. The van der Waals surface area contributed by atoms with E-state index in [0.717, 1.165) is 0 Å². The van der Waals surface area contributed by atoms with Crippen molar-refractivity contribution < 1.29 is 13.9 Å². The molecule has 17 heavy (non-hydrogen) atoms. The molecular weight excluding hydrogens is 223 g/mol. The molecular formula is C12H17FN2O2. The molecule has 0 bridgehead atoms. The van der Waals surface area contributed by atoms with Gasteiger partial charge in [-0.1, -0.05) is 13.8 Å². The Balaban J connectivity index is 2.41. The predicted octanol–water partition coefficient (Wildman–Crippen LogP) is 1.76. The van der Waals surface area contributed by atoms with Crippen molar-refractivity contribution in [2.75, 3.05) is 6.61 Å². The van der Waals surface area contributed by atoms with Crippen LogP contribution in [-0.2, 0) is 4.79 Å². The van der Waals surface area contributed by atoms with Crippen LogP contribution in [0.1, 0.15) is 20.8 Å². The SMILES string of the molecule is CC(C)C(C)NC(=O)COc1cccnc1F. The van der Waals surface area contributed by atoms with E-state index in [2.05, 4.69) is 10.3 Å². The Morgan fingerprint density at radius 1 is 1.53 bits per heavy atom. The van der Waals surface area contributed by atoms with E-state index >= 15 is 0 Å². The molecule has 0 saturated heterocycles. The van der Waals surface area contributed by atoms with Crippen LogP contribution in [0.3, 0.4) is 0 Å². The summed E-state index contributed by atoms with van der Waals surface area (Å²) in [7, 11) is 0. The third kappa shape index (κ3) is 4.38. The zero-order chi connectivity index (χ0) is 12.8. The summed E-state index contributed by atoms with van der Waals surface area (Å²) in [6.07, 6.45) is 1.32. The highest BCUT2D eigenvalue weighted by molar-refractivity contribution is 5.77. The molecule has 5 heteroatoms. The van der Waals surface area contributed by atoms with Gasteiger partial charge < -0.3 is 10.1 Å². The van der Waals surface area contributed by atoms with Crippen molar-refractivity contribution in [3.63, 3.8) is 0 Å². The number of carbonyl (C=O) groups is 1. The second kappa shape index (κ2) is 6.18. The fourth-order valence-corrected chi connectivity index (χ4v) is 1.08. The first-order chi connectivity index (χ1) is 8.00. The van der Waals surface area contributed by atoms with E-state index in [-0.39, 0.29) is 24.3 Å². The number of aromatic nitrogens is 1. The van der Waals surface area contributed by atoms with Crippen LogP contribution in [0.5, 0.6) is 5.75 Å². The van der Waals surface area contributed by atoms with Gasteiger partial charge in [-0.15, -0.1) is 0 Å². The molecule has 1 amide bonds. The summed E-state index contributed by atoms with van der Waals surface area (Å²) >= 11 is 0. The molecule has 0 saturated carbocycles. The standard InChI is InChI=1S/C12H17FN2O2/c1-8(2)9(3)15-11(16)7-17-10-5-4-6-14-12(10)13/h4-6,8-9H,7H2,1-3H3,(H,15,16). The summed E-state index contributed by atoms with van der Waals surface area (Å²) in [6, 6.07) is 3.04. The van der Waals surface area contributed by atoms with E-state index in [9.17, 15) is 9.18 Å². The van der Waals surface area contributed by atoms with Crippen LogP contribution in [0, 0.1) is 11.9 Å². The number of hydrogen-bond acceptors (Lipinski definition) is 3. The lowest BCUT2D eigenvalue weighted by atomic mass is 10.1. The Hall–Kier alpha value is -1.65. The van der Waals surface area contributed by atoms with E-state index < -0.39 is 5.95 Å². The first kappa shape index (κ1) is 13.4. The minimum absolute atomic E-state index is 0.0140. The van der Waals surface area contributed by atoms with E-state index in [1.165, 1.54) is 12.3 Å². The van der Waals surface area contributed by atoms with E-state index in [1.54, 1.807) is 6.07 Å². The normalized spacial score (nSPS) is 12.3. The van der Waals surface area contributed by atoms with Crippen LogP contribution >= 0.6 is 0 Å². The molecule has 0 aromatic carbocycles. The lowest BCUT2D eigenvalue weighted by Crippen LogP contribution is -2.39.